The second-order valence-electron chi connectivity index (χ2n) is 14.3. The Morgan fingerprint density at radius 1 is 0.809 bits per heavy atom. The first kappa shape index (κ1) is 77.6. The molecule has 3 fully saturated rings. The van der Waals surface area contributed by atoms with Crippen molar-refractivity contribution >= 4 is 98.0 Å². The molecule has 1 saturated heterocycles. The Kier molecular flexibility index (Phi) is 58.0. The van der Waals surface area contributed by atoms with Crippen LogP contribution in [0.15, 0.2) is 0 Å². The van der Waals surface area contributed by atoms with E-state index in [-0.39, 0.29) is 79.2 Å². The van der Waals surface area contributed by atoms with Crippen LogP contribution in [0.1, 0.15) is 82.8 Å². The molecular weight excluding hydrogens is 1130 g/mol. The van der Waals surface area contributed by atoms with Crippen molar-refractivity contribution in [2.45, 2.75) is 129 Å². The quantitative estimate of drug-likeness (QED) is 0.0608. The van der Waals surface area contributed by atoms with Gasteiger partial charge in [-0.1, -0.05) is 19.5 Å². The van der Waals surface area contributed by atoms with Crippen LogP contribution in [0.5, 0.6) is 0 Å². The van der Waals surface area contributed by atoms with Gasteiger partial charge in [-0.3, -0.25) is 27.2 Å². The largest absolute Gasteiger partial charge is 1.00 e. The average Bonchev–Trinajstić information content (AvgIpc) is 3.57. The SMILES string of the molecule is CC1CO[P+](=O)O1.COCC(C)O[P+](C)=O.COCC(C)O[P+](C)=O.ClCl.NC1CCC1.[3H]C(P)OP(=O)(OCC(C)OP(C)(=O)NC1CCC1)OC(C)COP(=O)(Cl)OC(C)COC.[3H]CP.[Na+].[OH-]. The third-order valence-corrected chi connectivity index (χ3v) is 14.6. The monoisotopic (exact) mass is 1220 g/mol. The minimum Gasteiger partial charge on any atom is -0.870 e. The van der Waals surface area contributed by atoms with Gasteiger partial charge in [0.05, 0.1) is 59.0 Å². The van der Waals surface area contributed by atoms with Gasteiger partial charge in [0.1, 0.15) is 24.9 Å². The van der Waals surface area contributed by atoms with Gasteiger partial charge >= 0.3 is 68.6 Å². The van der Waals surface area contributed by atoms with Gasteiger partial charge < -0.3 is 29.9 Å². The van der Waals surface area contributed by atoms with Crippen molar-refractivity contribution in [1.29, 1.82) is 0 Å². The van der Waals surface area contributed by atoms with Crippen molar-refractivity contribution < 1.29 is 125 Å². The van der Waals surface area contributed by atoms with Crippen molar-refractivity contribution in [3.63, 3.8) is 0 Å². The topological polar surface area (TPSA) is 290 Å². The summed E-state index contributed by atoms with van der Waals surface area (Å²) in [5, 5.41) is 2.97. The maximum atomic E-state index is 13.0. The molecule has 2 saturated carbocycles. The molecule has 0 aromatic heterocycles. The maximum absolute atomic E-state index is 13.0. The number of ether oxygens (including phenoxy) is 3. The maximum Gasteiger partial charge on any atom is 1.00 e. The van der Waals surface area contributed by atoms with Crippen molar-refractivity contribution in [2.24, 2.45) is 5.73 Å². The summed E-state index contributed by atoms with van der Waals surface area (Å²) in [5.74, 6) is 0. The van der Waals surface area contributed by atoms with E-state index < -0.39 is 71.2 Å². The van der Waals surface area contributed by atoms with Crippen molar-refractivity contribution in [2.75, 3.05) is 93.9 Å². The van der Waals surface area contributed by atoms with Crippen LogP contribution in [-0.2, 0) is 86.8 Å². The van der Waals surface area contributed by atoms with Crippen LogP contribution in [-0.4, -0.2) is 148 Å². The van der Waals surface area contributed by atoms with E-state index in [4.69, 9.17) is 70.1 Å². The summed E-state index contributed by atoms with van der Waals surface area (Å²) < 4.78 is 147. The van der Waals surface area contributed by atoms with E-state index >= 15 is 0 Å². The summed E-state index contributed by atoms with van der Waals surface area (Å²) in [7, 11) is 5.02. The molecule has 1 aliphatic heterocycles. The van der Waals surface area contributed by atoms with Gasteiger partial charge in [0, 0.05) is 79.0 Å². The molecule has 406 valence electrons. The van der Waals surface area contributed by atoms with Gasteiger partial charge in [-0.2, -0.15) is 0 Å². The molecule has 22 nitrogen and oxygen atoms in total. The second-order valence-corrected chi connectivity index (χ2v) is 23.9. The van der Waals surface area contributed by atoms with Crippen molar-refractivity contribution in [1.82, 2.24) is 5.09 Å². The minimum absolute atomic E-state index is 0. The molecule has 68 heavy (non-hydrogen) atoms. The minimum atomic E-state index is -4.27. The van der Waals surface area contributed by atoms with Crippen molar-refractivity contribution in [3.8, 4) is 0 Å². The molecule has 4 N–H and O–H groups in total. The van der Waals surface area contributed by atoms with Gasteiger partial charge in [-0.05, 0) is 76.4 Å². The number of phosphoric ester groups is 1. The van der Waals surface area contributed by atoms with Crippen molar-refractivity contribution in [3.05, 3.63) is 0 Å². The number of rotatable bonds is 26. The molecule has 0 bridgehead atoms. The van der Waals surface area contributed by atoms with Gasteiger partial charge in [0.15, 0.2) is 13.3 Å². The van der Waals surface area contributed by atoms with E-state index in [2.05, 4.69) is 45.1 Å². The van der Waals surface area contributed by atoms with E-state index in [9.17, 15) is 27.4 Å². The molecule has 0 aromatic carbocycles. The number of nitrogens with two attached hydrogens (primary N) is 1. The zero-order valence-electron chi connectivity index (χ0n) is 43.6. The molecule has 15 unspecified atom stereocenters. The molecule has 0 spiro atoms. The Balaban J connectivity index is -0.000000222. The number of phosphoric acid groups is 1. The summed E-state index contributed by atoms with van der Waals surface area (Å²) in [6, 6.07) is 0.725. The van der Waals surface area contributed by atoms with Gasteiger partial charge in [-0.25, -0.2) is 14.2 Å². The summed E-state index contributed by atoms with van der Waals surface area (Å²) in [6.45, 7) is 12.1. The molecule has 0 amide bonds. The fourth-order valence-corrected chi connectivity index (χ4v) is 11.2. The Morgan fingerprint density at radius 2 is 1.21 bits per heavy atom. The normalized spacial score (nSPS) is 21.7. The zero-order chi connectivity index (χ0) is 53.5. The van der Waals surface area contributed by atoms with Crippen LogP contribution in [0, 0.1) is 0 Å². The fourth-order valence-electron chi connectivity index (χ4n) is 4.44. The van der Waals surface area contributed by atoms with E-state index in [0.29, 0.717) is 32.5 Å². The first-order valence-electron chi connectivity index (χ1n) is 21.6. The molecule has 0 aromatic rings. The number of methoxy groups -OCH3 is 3. The van der Waals surface area contributed by atoms with Crippen LogP contribution in [0.3, 0.4) is 0 Å². The van der Waals surface area contributed by atoms with E-state index in [1.54, 1.807) is 28.1 Å². The summed E-state index contributed by atoms with van der Waals surface area (Å²) in [6.07, 6.45) is 3.17. The first-order chi connectivity index (χ1) is 31.6. The van der Waals surface area contributed by atoms with Crippen LogP contribution in [0.25, 0.3) is 0 Å². The smallest absolute Gasteiger partial charge is 0.870 e. The molecule has 1 heterocycles. The van der Waals surface area contributed by atoms with Crippen LogP contribution in [0.2, 0.25) is 0 Å². The number of hydrogen-bond acceptors (Lipinski definition) is 21. The molecule has 3 aliphatic rings. The van der Waals surface area contributed by atoms with Crippen LogP contribution >= 0.6 is 98.0 Å². The standard InChI is InChI=1S/C16H36ClNO10P4.2C5H12O3P.C4H9N.C3H6O3P.CH5P.Cl2.Na.H2O/c1-13(9-22-4)27-31(17,20)23-10-15(3)28-32(21,25-12-29)24-11-14(2)26-30(5,19)18-16-7-6-8-16;2*1-5(4-7-2)8-9(3)6;5-4-2-1-3-4;1-3-2-5-7(4)6-3;2*1-2;;/h13-16H,6-12,29H2,1-5H3,(H,18,19);2*5H,4H2,1-3H3;4H,1-3,5H2;3H,2H2,1H3;2H2,1H3;;;1H2/q;2*+1;;+1;;;+1;/p-1/i12T;;;;;1T;;;. The van der Waals surface area contributed by atoms with Gasteiger partial charge in [0.2, 0.25) is 0 Å². The Bertz CT molecular complexity index is 1430. The molecule has 34 heteroatoms. The predicted molar refractivity (Wildman–Crippen MR) is 274 cm³/mol. The third-order valence-electron chi connectivity index (χ3n) is 7.33. The summed E-state index contributed by atoms with van der Waals surface area (Å²) >= 11 is 5.77. The summed E-state index contributed by atoms with van der Waals surface area (Å²) in [5.41, 5.74) is 5.38. The Labute approximate surface area is 453 Å². The molecule has 0 radical (unpaired) electrons. The van der Waals surface area contributed by atoms with E-state index in [1.165, 1.54) is 53.3 Å². The van der Waals surface area contributed by atoms with Crippen LogP contribution in [0.4, 0.5) is 0 Å². The van der Waals surface area contributed by atoms with E-state index in [0.717, 1.165) is 19.3 Å². The fraction of sp³-hybridized carbons (Fsp3) is 1.00. The number of halogens is 3. The summed E-state index contributed by atoms with van der Waals surface area (Å²) in [4.78, 5) is 0. The average molecular weight is 1220 g/mol. The first-order valence-corrected chi connectivity index (χ1v) is 33.3. The van der Waals surface area contributed by atoms with Crippen LogP contribution < -0.4 is 40.4 Å². The van der Waals surface area contributed by atoms with Gasteiger partial charge in [0.25, 0.3) is 7.52 Å². The third kappa shape index (κ3) is 53.9. The molecule has 2 aliphatic carbocycles. The van der Waals surface area contributed by atoms with E-state index in [1.807, 2.05) is 30.0 Å². The number of nitrogens with one attached hydrogen (secondary N) is 1. The predicted octanol–water partition coefficient (Wildman–Crippen LogP) is 8.24. The van der Waals surface area contributed by atoms with Gasteiger partial charge in [-0.15, -0.1) is 36.6 Å². The molecule has 3 rings (SSSR count). The Hall–Kier alpha value is 3.08. The number of hydrogen-bond donors (Lipinski definition) is 2. The second kappa shape index (κ2) is 50.9. The zero-order valence-corrected chi connectivity index (χ0v) is 53.6. The molecular formula is C34H81Cl3N2NaO20P8+3. The molecule has 15 atom stereocenters. The Morgan fingerprint density at radius 3 is 1.51 bits per heavy atom.